The predicted molar refractivity (Wildman–Crippen MR) is 75.2 cm³/mol. The van der Waals surface area contributed by atoms with Crippen molar-refractivity contribution in [3.05, 3.63) is 60.7 Å². The molecule has 4 heteroatoms. The molecule has 0 bridgehead atoms. The number of hydrogen-bond donors (Lipinski definition) is 0. The molecular formula is C12H10AsCl3. The van der Waals surface area contributed by atoms with Crippen LogP contribution in [0.5, 0.6) is 0 Å². The molecule has 2 aromatic carbocycles. The molecule has 0 fully saturated rings. The van der Waals surface area contributed by atoms with Gasteiger partial charge in [-0.15, -0.1) is 0 Å². The van der Waals surface area contributed by atoms with E-state index in [1.54, 1.807) is 0 Å². The van der Waals surface area contributed by atoms with Crippen LogP contribution >= 0.6 is 29.8 Å². The number of benzene rings is 2. The van der Waals surface area contributed by atoms with Crippen molar-refractivity contribution in [3.63, 3.8) is 0 Å². The molecule has 0 aliphatic carbocycles. The molecule has 0 saturated carbocycles. The molecule has 0 spiro atoms. The van der Waals surface area contributed by atoms with Crippen LogP contribution in [0.15, 0.2) is 60.7 Å². The zero-order valence-corrected chi connectivity index (χ0v) is 12.5. The standard InChI is InChI=1S/C12H10.AsCl3/c1-3-7-11(8-4-1)12-9-5-2-6-10-12;2-1(3)4/h1-10H;. The van der Waals surface area contributed by atoms with Gasteiger partial charge >= 0.3 is 41.7 Å². The van der Waals surface area contributed by atoms with E-state index in [1.807, 2.05) is 12.1 Å². The maximum Gasteiger partial charge on any atom is -0.0184 e. The molecule has 0 unspecified atom stereocenters. The van der Waals surface area contributed by atoms with E-state index in [-0.39, 0.29) is 0 Å². The third-order valence-electron chi connectivity index (χ3n) is 1.88. The largest absolute Gasteiger partial charge is 0.0622 e. The molecule has 0 saturated heterocycles. The summed E-state index contributed by atoms with van der Waals surface area (Å²) >= 11 is -1.77. The first-order valence-corrected chi connectivity index (χ1v) is 12.0. The van der Waals surface area contributed by atoms with Crippen molar-refractivity contribution in [3.8, 4) is 11.1 Å². The van der Waals surface area contributed by atoms with Crippen LogP contribution in [0.3, 0.4) is 0 Å². The van der Waals surface area contributed by atoms with Crippen LogP contribution in [0, 0.1) is 0 Å². The van der Waals surface area contributed by atoms with Gasteiger partial charge in [0.1, 0.15) is 0 Å². The molecule has 0 atom stereocenters. The Morgan fingerprint density at radius 3 is 1.06 bits per heavy atom. The molecular weight excluding hydrogens is 325 g/mol. The van der Waals surface area contributed by atoms with Crippen molar-refractivity contribution < 1.29 is 0 Å². The zero-order chi connectivity index (χ0) is 11.8. The van der Waals surface area contributed by atoms with Crippen LogP contribution in [0.25, 0.3) is 11.1 Å². The summed E-state index contributed by atoms with van der Waals surface area (Å²) in [6, 6.07) is 20.8. The minimum Gasteiger partial charge on any atom is -0.0622 e. The van der Waals surface area contributed by atoms with Crippen LogP contribution in [-0.4, -0.2) is 11.8 Å². The Morgan fingerprint density at radius 1 is 0.562 bits per heavy atom. The van der Waals surface area contributed by atoms with Crippen molar-refractivity contribution in [1.29, 1.82) is 0 Å². The Morgan fingerprint density at radius 2 is 0.812 bits per heavy atom. The van der Waals surface area contributed by atoms with Gasteiger partial charge in [0, 0.05) is 0 Å². The second-order valence-electron chi connectivity index (χ2n) is 2.92. The Hall–Kier alpha value is -0.132. The van der Waals surface area contributed by atoms with Crippen LogP contribution in [0.4, 0.5) is 0 Å². The van der Waals surface area contributed by atoms with E-state index in [1.165, 1.54) is 11.1 Å². The Bertz CT molecular complexity index is 349. The van der Waals surface area contributed by atoms with Crippen molar-refractivity contribution >= 4 is 41.7 Å². The van der Waals surface area contributed by atoms with E-state index >= 15 is 0 Å². The van der Waals surface area contributed by atoms with Crippen LogP contribution in [0.1, 0.15) is 0 Å². The van der Waals surface area contributed by atoms with Gasteiger partial charge in [-0.25, -0.2) is 0 Å². The Kier molecular flexibility index (Phi) is 6.99. The summed E-state index contributed by atoms with van der Waals surface area (Å²) in [7, 11) is 14.9. The summed E-state index contributed by atoms with van der Waals surface area (Å²) < 4.78 is 0. The van der Waals surface area contributed by atoms with E-state index in [9.17, 15) is 0 Å². The predicted octanol–water partition coefficient (Wildman–Crippen LogP) is 5.04. The van der Waals surface area contributed by atoms with Crippen LogP contribution < -0.4 is 0 Å². The first kappa shape index (κ1) is 13.9. The smallest absolute Gasteiger partial charge is 0.0184 e. The first-order chi connectivity index (χ1) is 7.70. The Balaban J connectivity index is 0.000000280. The van der Waals surface area contributed by atoms with Gasteiger partial charge in [0.2, 0.25) is 0 Å². The summed E-state index contributed by atoms with van der Waals surface area (Å²) in [6.07, 6.45) is 0. The molecule has 0 N–H and O–H groups in total. The number of halogens is 3. The quantitative estimate of drug-likeness (QED) is 0.640. The summed E-state index contributed by atoms with van der Waals surface area (Å²) in [5, 5.41) is 0. The van der Waals surface area contributed by atoms with Crippen molar-refractivity contribution in [2.24, 2.45) is 0 Å². The molecule has 0 aliphatic rings. The fourth-order valence-corrected chi connectivity index (χ4v) is 1.26. The first-order valence-electron chi connectivity index (χ1n) is 4.58. The van der Waals surface area contributed by atoms with Gasteiger partial charge in [-0.2, -0.15) is 0 Å². The fourth-order valence-electron chi connectivity index (χ4n) is 1.26. The minimum atomic E-state index is -1.77. The van der Waals surface area contributed by atoms with Gasteiger partial charge in [0.05, 0.1) is 0 Å². The molecule has 0 amide bonds. The molecule has 16 heavy (non-hydrogen) atoms. The van der Waals surface area contributed by atoms with E-state index in [0.29, 0.717) is 0 Å². The third-order valence-corrected chi connectivity index (χ3v) is 1.88. The van der Waals surface area contributed by atoms with E-state index in [4.69, 9.17) is 29.8 Å². The topological polar surface area (TPSA) is 0 Å². The van der Waals surface area contributed by atoms with Gasteiger partial charge in [-0.3, -0.25) is 0 Å². The second kappa shape index (κ2) is 8.03. The average molecular weight is 335 g/mol. The van der Waals surface area contributed by atoms with Crippen molar-refractivity contribution in [2.45, 2.75) is 0 Å². The van der Waals surface area contributed by atoms with Crippen LogP contribution in [0.2, 0.25) is 0 Å². The minimum absolute atomic E-state index is 1.28. The van der Waals surface area contributed by atoms with Gasteiger partial charge in [-0.05, 0) is 11.1 Å². The SMILES string of the molecule is Cl[As](Cl)Cl.c1ccc(-c2ccccc2)cc1. The molecule has 0 radical (unpaired) electrons. The van der Waals surface area contributed by atoms with Gasteiger partial charge in [0.15, 0.2) is 0 Å². The van der Waals surface area contributed by atoms with Crippen molar-refractivity contribution in [1.82, 2.24) is 0 Å². The molecule has 0 aromatic heterocycles. The molecule has 0 aliphatic heterocycles. The van der Waals surface area contributed by atoms with E-state index in [0.717, 1.165) is 0 Å². The van der Waals surface area contributed by atoms with E-state index < -0.39 is 11.8 Å². The Labute approximate surface area is 113 Å². The van der Waals surface area contributed by atoms with Gasteiger partial charge < -0.3 is 0 Å². The number of rotatable bonds is 1. The molecule has 2 aromatic rings. The fraction of sp³-hybridized carbons (Fsp3) is 0. The molecule has 0 nitrogen and oxygen atoms in total. The zero-order valence-electron chi connectivity index (χ0n) is 8.35. The van der Waals surface area contributed by atoms with Crippen molar-refractivity contribution in [2.75, 3.05) is 0 Å². The molecule has 0 heterocycles. The molecule has 84 valence electrons. The summed E-state index contributed by atoms with van der Waals surface area (Å²) in [6.45, 7) is 0. The van der Waals surface area contributed by atoms with Gasteiger partial charge in [0.25, 0.3) is 0 Å². The summed E-state index contributed by atoms with van der Waals surface area (Å²) in [4.78, 5) is 0. The summed E-state index contributed by atoms with van der Waals surface area (Å²) in [5.41, 5.74) is 2.55. The third kappa shape index (κ3) is 5.82. The normalized spacial score (nSPS) is 9.50. The molecule has 2 rings (SSSR count). The second-order valence-corrected chi connectivity index (χ2v) is 11.7. The van der Waals surface area contributed by atoms with Crippen LogP contribution in [-0.2, 0) is 0 Å². The monoisotopic (exact) mass is 334 g/mol. The maximum atomic E-state index is 4.95. The van der Waals surface area contributed by atoms with E-state index in [2.05, 4.69) is 48.5 Å². The van der Waals surface area contributed by atoms with Gasteiger partial charge in [-0.1, -0.05) is 60.7 Å². The number of hydrogen-bond acceptors (Lipinski definition) is 0. The maximum absolute atomic E-state index is 4.95. The average Bonchev–Trinajstić information content (AvgIpc) is 2.31. The summed E-state index contributed by atoms with van der Waals surface area (Å²) in [5.74, 6) is 0.